The first-order valence-electron chi connectivity index (χ1n) is 10.7. The number of hydrogen-bond acceptors (Lipinski definition) is 2. The third-order valence-corrected chi connectivity index (χ3v) is 6.65. The number of carbonyl (C=O) groups excluding carboxylic acids is 2. The van der Waals surface area contributed by atoms with Gasteiger partial charge in [0.25, 0.3) is 5.91 Å². The molecule has 4 rings (SSSR count). The van der Waals surface area contributed by atoms with Gasteiger partial charge in [0.2, 0.25) is 5.91 Å². The minimum Gasteiger partial charge on any atom is -0.351 e. The van der Waals surface area contributed by atoms with Gasteiger partial charge in [-0.3, -0.25) is 9.59 Å². The Kier molecular flexibility index (Phi) is 5.44. The van der Waals surface area contributed by atoms with Gasteiger partial charge in [-0.15, -0.1) is 0 Å². The molecule has 1 aliphatic heterocycles. The topological polar surface area (TPSA) is 49.4 Å². The van der Waals surface area contributed by atoms with Crippen LogP contribution in [-0.2, 0) is 17.8 Å². The average Bonchev–Trinajstić information content (AvgIpc) is 2.73. The maximum Gasteiger partial charge on any atom is 0.255 e. The molecule has 2 aromatic carbocycles. The Hall–Kier alpha value is -2.62. The Bertz CT molecular complexity index is 887. The van der Waals surface area contributed by atoms with E-state index < -0.39 is 5.54 Å². The number of nitrogens with one attached hydrogen (secondary N) is 1. The van der Waals surface area contributed by atoms with Crippen LogP contribution in [0.5, 0.6) is 0 Å². The molecule has 0 saturated heterocycles. The summed E-state index contributed by atoms with van der Waals surface area (Å²) in [7, 11) is 0. The van der Waals surface area contributed by atoms with Crippen molar-refractivity contribution < 1.29 is 9.59 Å². The molecule has 2 aliphatic rings. The van der Waals surface area contributed by atoms with Crippen LogP contribution in [0.4, 0.5) is 0 Å². The van der Waals surface area contributed by atoms with Gasteiger partial charge < -0.3 is 10.2 Å². The minimum atomic E-state index is -0.898. The zero-order valence-corrected chi connectivity index (χ0v) is 17.4. The van der Waals surface area contributed by atoms with Gasteiger partial charge >= 0.3 is 0 Å². The molecule has 29 heavy (non-hydrogen) atoms. The second-order valence-corrected chi connectivity index (χ2v) is 8.91. The maximum atomic E-state index is 13.5. The fourth-order valence-electron chi connectivity index (χ4n) is 4.68. The molecule has 0 spiro atoms. The molecule has 4 heteroatoms. The molecule has 0 aromatic heterocycles. The predicted octanol–water partition coefficient (Wildman–Crippen LogP) is 4.34. The van der Waals surface area contributed by atoms with Crippen molar-refractivity contribution >= 4 is 11.8 Å². The quantitative estimate of drug-likeness (QED) is 0.844. The van der Waals surface area contributed by atoms with Gasteiger partial charge in [-0.25, -0.2) is 0 Å². The second kappa shape index (κ2) is 8.02. The highest BCUT2D eigenvalue weighted by Gasteiger charge is 2.47. The molecule has 0 radical (unpaired) electrons. The van der Waals surface area contributed by atoms with Gasteiger partial charge in [0.1, 0.15) is 5.54 Å². The van der Waals surface area contributed by atoms with Gasteiger partial charge in [0.05, 0.1) is 0 Å². The molecule has 1 saturated carbocycles. The van der Waals surface area contributed by atoms with Crippen LogP contribution in [0.1, 0.15) is 61.0 Å². The van der Waals surface area contributed by atoms with Crippen LogP contribution in [0.3, 0.4) is 0 Å². The van der Waals surface area contributed by atoms with Crippen LogP contribution < -0.4 is 5.32 Å². The average molecular weight is 391 g/mol. The zero-order chi connectivity index (χ0) is 20.4. The summed E-state index contributed by atoms with van der Waals surface area (Å²) in [6.07, 6.45) is 4.88. The Morgan fingerprint density at radius 1 is 1.03 bits per heavy atom. The molecule has 4 nitrogen and oxygen atoms in total. The highest BCUT2D eigenvalue weighted by Crippen LogP contribution is 2.33. The minimum absolute atomic E-state index is 0.0316. The third-order valence-electron chi connectivity index (χ3n) is 6.65. The molecule has 2 amide bonds. The molecular formula is C25H30N2O2. The molecule has 1 fully saturated rings. The number of fused-ring (bicyclic) bond motifs is 1. The van der Waals surface area contributed by atoms with E-state index >= 15 is 0 Å². The molecular weight excluding hydrogens is 360 g/mol. The van der Waals surface area contributed by atoms with E-state index in [-0.39, 0.29) is 17.9 Å². The second-order valence-electron chi connectivity index (χ2n) is 8.91. The van der Waals surface area contributed by atoms with Crippen molar-refractivity contribution in [3.05, 3.63) is 71.3 Å². The van der Waals surface area contributed by atoms with Gasteiger partial charge in [-0.1, -0.05) is 55.5 Å². The van der Waals surface area contributed by atoms with Crippen LogP contribution in [0.25, 0.3) is 0 Å². The fraction of sp³-hybridized carbons (Fsp3) is 0.440. The van der Waals surface area contributed by atoms with Crippen LogP contribution in [0.2, 0.25) is 0 Å². The number of benzene rings is 2. The summed E-state index contributed by atoms with van der Waals surface area (Å²) in [5.74, 6) is 0.637. The summed E-state index contributed by atoms with van der Waals surface area (Å²) in [4.78, 5) is 28.7. The highest BCUT2D eigenvalue weighted by atomic mass is 16.2. The summed E-state index contributed by atoms with van der Waals surface area (Å²) < 4.78 is 0. The number of carbonyl (C=O) groups is 2. The summed E-state index contributed by atoms with van der Waals surface area (Å²) in [6, 6.07) is 17.8. The first-order chi connectivity index (χ1) is 14.0. The highest BCUT2D eigenvalue weighted by molar-refractivity contribution is 6.02. The summed E-state index contributed by atoms with van der Waals surface area (Å²) in [5, 5.41) is 3.28. The lowest BCUT2D eigenvalue weighted by molar-refractivity contribution is -0.133. The van der Waals surface area contributed by atoms with Gasteiger partial charge in [-0.2, -0.15) is 0 Å². The van der Waals surface area contributed by atoms with E-state index in [0.717, 1.165) is 42.7 Å². The SMILES string of the molecule is CC1CCC(NC(=O)C2(C)Cc3ccccc3C(=O)N2Cc2ccccc2)CC1. The smallest absolute Gasteiger partial charge is 0.255 e. The van der Waals surface area contributed by atoms with E-state index in [0.29, 0.717) is 18.5 Å². The number of rotatable bonds is 4. The molecule has 1 aliphatic carbocycles. The number of nitrogens with zero attached hydrogens (tertiary/aromatic N) is 1. The van der Waals surface area contributed by atoms with E-state index in [1.54, 1.807) is 4.90 Å². The molecule has 1 N–H and O–H groups in total. The standard InChI is InChI=1S/C25H30N2O2/c1-18-12-14-21(15-13-18)26-24(29)25(2)16-20-10-6-7-11-22(20)23(28)27(25)17-19-8-4-3-5-9-19/h3-11,18,21H,12-17H2,1-2H3,(H,26,29). The molecule has 1 heterocycles. The first-order valence-corrected chi connectivity index (χ1v) is 10.7. The van der Waals surface area contributed by atoms with Crippen LogP contribution in [-0.4, -0.2) is 28.3 Å². The lowest BCUT2D eigenvalue weighted by Gasteiger charge is -2.45. The lowest BCUT2D eigenvalue weighted by Crippen LogP contribution is -2.63. The molecule has 1 unspecified atom stereocenters. The van der Waals surface area contributed by atoms with Gasteiger partial charge in [0.15, 0.2) is 0 Å². The monoisotopic (exact) mass is 390 g/mol. The Labute approximate surface area is 173 Å². The third kappa shape index (κ3) is 3.93. The maximum absolute atomic E-state index is 13.5. The van der Waals surface area contributed by atoms with Crippen molar-refractivity contribution in [1.82, 2.24) is 10.2 Å². The van der Waals surface area contributed by atoms with Crippen molar-refractivity contribution in [2.45, 2.75) is 64.1 Å². The van der Waals surface area contributed by atoms with E-state index in [4.69, 9.17) is 0 Å². The van der Waals surface area contributed by atoms with Crippen molar-refractivity contribution in [3.63, 3.8) is 0 Å². The van der Waals surface area contributed by atoms with Crippen molar-refractivity contribution in [1.29, 1.82) is 0 Å². The van der Waals surface area contributed by atoms with Crippen LogP contribution in [0, 0.1) is 5.92 Å². The molecule has 0 bridgehead atoms. The summed E-state index contributed by atoms with van der Waals surface area (Å²) >= 11 is 0. The van der Waals surface area contributed by atoms with Gasteiger partial charge in [0, 0.05) is 24.6 Å². The van der Waals surface area contributed by atoms with Crippen molar-refractivity contribution in [3.8, 4) is 0 Å². The van der Waals surface area contributed by atoms with E-state index in [9.17, 15) is 9.59 Å². The number of hydrogen-bond donors (Lipinski definition) is 1. The fourth-order valence-corrected chi connectivity index (χ4v) is 4.68. The Morgan fingerprint density at radius 2 is 1.69 bits per heavy atom. The predicted molar refractivity (Wildman–Crippen MR) is 114 cm³/mol. The molecule has 152 valence electrons. The summed E-state index contributed by atoms with van der Waals surface area (Å²) in [6.45, 7) is 4.63. The van der Waals surface area contributed by atoms with Crippen LogP contribution >= 0.6 is 0 Å². The Morgan fingerprint density at radius 3 is 2.41 bits per heavy atom. The normalized spacial score (nSPS) is 26.7. The summed E-state index contributed by atoms with van der Waals surface area (Å²) in [5.41, 5.74) is 1.80. The van der Waals surface area contributed by atoms with Crippen molar-refractivity contribution in [2.75, 3.05) is 0 Å². The zero-order valence-electron chi connectivity index (χ0n) is 17.4. The van der Waals surface area contributed by atoms with E-state index in [1.165, 1.54) is 0 Å². The van der Waals surface area contributed by atoms with Crippen LogP contribution in [0.15, 0.2) is 54.6 Å². The van der Waals surface area contributed by atoms with E-state index in [1.807, 2.05) is 61.5 Å². The molecule has 1 atom stereocenters. The first kappa shape index (κ1) is 19.7. The number of amides is 2. The molecule has 2 aromatic rings. The van der Waals surface area contributed by atoms with E-state index in [2.05, 4.69) is 12.2 Å². The largest absolute Gasteiger partial charge is 0.351 e. The van der Waals surface area contributed by atoms with Crippen molar-refractivity contribution in [2.24, 2.45) is 5.92 Å². The lowest BCUT2D eigenvalue weighted by atomic mass is 9.81. The Balaban J connectivity index is 1.63. The van der Waals surface area contributed by atoms with Gasteiger partial charge in [-0.05, 0) is 55.7 Å².